The molecule has 3 rings (SSSR count). The zero-order valence-electron chi connectivity index (χ0n) is 14.3. The molecule has 1 aliphatic rings. The molecule has 0 unspecified atom stereocenters. The van der Waals surface area contributed by atoms with Crippen LogP contribution >= 0.6 is 0 Å². The highest BCUT2D eigenvalue weighted by molar-refractivity contribution is 5.81. The summed E-state index contributed by atoms with van der Waals surface area (Å²) in [6.45, 7) is 6.93. The topological polar surface area (TPSA) is 66.5 Å². The molecule has 0 spiro atoms. The van der Waals surface area contributed by atoms with Crippen LogP contribution < -0.4 is 5.32 Å². The number of amides is 1. The van der Waals surface area contributed by atoms with Gasteiger partial charge >= 0.3 is 0 Å². The van der Waals surface area contributed by atoms with Crippen LogP contribution in [0, 0.1) is 0 Å². The smallest absolute Gasteiger partial charge is 0.237 e. The van der Waals surface area contributed by atoms with E-state index in [2.05, 4.69) is 24.7 Å². The van der Waals surface area contributed by atoms with E-state index in [4.69, 9.17) is 4.42 Å². The Morgan fingerprint density at radius 1 is 1.38 bits per heavy atom. The van der Waals surface area contributed by atoms with Crippen molar-refractivity contribution in [2.45, 2.75) is 26.1 Å². The van der Waals surface area contributed by atoms with Crippen LogP contribution in [-0.4, -0.2) is 57.5 Å². The highest BCUT2D eigenvalue weighted by Crippen LogP contribution is 2.10. The van der Waals surface area contributed by atoms with Gasteiger partial charge in [0.2, 0.25) is 5.91 Å². The summed E-state index contributed by atoms with van der Waals surface area (Å²) in [5, 5.41) is 2.94. The van der Waals surface area contributed by atoms with Gasteiger partial charge < -0.3 is 14.3 Å². The average Bonchev–Trinajstić information content (AvgIpc) is 3.25. The Morgan fingerprint density at radius 3 is 2.79 bits per heavy atom. The number of piperazine rings is 1. The van der Waals surface area contributed by atoms with Gasteiger partial charge in [-0.1, -0.05) is 0 Å². The second-order valence-corrected chi connectivity index (χ2v) is 6.24. The van der Waals surface area contributed by atoms with Crippen LogP contribution in [0.4, 0.5) is 0 Å². The average molecular weight is 331 g/mol. The van der Waals surface area contributed by atoms with E-state index in [9.17, 15) is 4.79 Å². The Labute approximate surface area is 142 Å². The molecule has 1 atom stereocenters. The van der Waals surface area contributed by atoms with Gasteiger partial charge in [-0.2, -0.15) is 0 Å². The Balaban J connectivity index is 1.43. The molecule has 2 aromatic rings. The van der Waals surface area contributed by atoms with Crippen molar-refractivity contribution in [1.82, 2.24) is 24.7 Å². The maximum absolute atomic E-state index is 12.3. The van der Waals surface area contributed by atoms with E-state index in [0.717, 1.165) is 44.3 Å². The van der Waals surface area contributed by atoms with Gasteiger partial charge in [-0.3, -0.25) is 14.6 Å². The van der Waals surface area contributed by atoms with Crippen LogP contribution in [0.2, 0.25) is 0 Å². The second kappa shape index (κ2) is 7.63. The predicted molar refractivity (Wildman–Crippen MR) is 90.1 cm³/mol. The third kappa shape index (κ3) is 4.04. The van der Waals surface area contributed by atoms with E-state index < -0.39 is 0 Å². The molecule has 1 fully saturated rings. The number of imidazole rings is 1. The summed E-state index contributed by atoms with van der Waals surface area (Å²) in [6, 6.07) is 3.56. The van der Waals surface area contributed by atoms with Crippen molar-refractivity contribution in [3.63, 3.8) is 0 Å². The van der Waals surface area contributed by atoms with E-state index in [1.54, 1.807) is 6.26 Å². The highest BCUT2D eigenvalue weighted by Gasteiger charge is 2.25. The Bertz CT molecular complexity index is 644. The maximum Gasteiger partial charge on any atom is 0.237 e. The molecular weight excluding hydrogens is 306 g/mol. The predicted octanol–water partition coefficient (Wildman–Crippen LogP) is 0.836. The SMILES string of the molecule is C[C@H](C(=O)NCc1ccco1)N1CCN(Cc2nccn2C)CC1. The molecule has 1 amide bonds. The van der Waals surface area contributed by atoms with Gasteiger partial charge in [-0.05, 0) is 19.1 Å². The molecule has 0 aromatic carbocycles. The van der Waals surface area contributed by atoms with Crippen LogP contribution in [0.1, 0.15) is 18.5 Å². The van der Waals surface area contributed by atoms with Crippen LogP contribution in [0.25, 0.3) is 0 Å². The van der Waals surface area contributed by atoms with Crippen molar-refractivity contribution in [1.29, 1.82) is 0 Å². The summed E-state index contributed by atoms with van der Waals surface area (Å²) in [5.74, 6) is 1.90. The minimum atomic E-state index is -0.129. The lowest BCUT2D eigenvalue weighted by atomic mass is 10.2. The molecule has 130 valence electrons. The van der Waals surface area contributed by atoms with E-state index >= 15 is 0 Å². The minimum Gasteiger partial charge on any atom is -0.467 e. The summed E-state index contributed by atoms with van der Waals surface area (Å²) in [5.41, 5.74) is 0. The fourth-order valence-electron chi connectivity index (χ4n) is 2.96. The van der Waals surface area contributed by atoms with E-state index in [1.807, 2.05) is 38.5 Å². The van der Waals surface area contributed by atoms with Gasteiger partial charge in [-0.25, -0.2) is 4.98 Å². The van der Waals surface area contributed by atoms with E-state index in [1.165, 1.54) is 0 Å². The summed E-state index contributed by atoms with van der Waals surface area (Å²) in [4.78, 5) is 21.3. The number of furan rings is 1. The lowest BCUT2D eigenvalue weighted by Crippen LogP contribution is -2.53. The molecule has 0 radical (unpaired) electrons. The Hall–Kier alpha value is -2.12. The first-order valence-electron chi connectivity index (χ1n) is 8.36. The molecule has 1 aliphatic heterocycles. The number of aryl methyl sites for hydroxylation is 1. The number of hydrogen-bond acceptors (Lipinski definition) is 5. The van der Waals surface area contributed by atoms with Crippen LogP contribution in [-0.2, 0) is 24.9 Å². The van der Waals surface area contributed by atoms with E-state index in [0.29, 0.717) is 6.54 Å². The number of carbonyl (C=O) groups is 1. The monoisotopic (exact) mass is 331 g/mol. The van der Waals surface area contributed by atoms with Gasteiger partial charge in [0, 0.05) is 45.6 Å². The number of aromatic nitrogens is 2. The lowest BCUT2D eigenvalue weighted by molar-refractivity contribution is -0.126. The number of carbonyl (C=O) groups excluding carboxylic acids is 1. The lowest BCUT2D eigenvalue weighted by Gasteiger charge is -2.37. The van der Waals surface area contributed by atoms with Crippen molar-refractivity contribution >= 4 is 5.91 Å². The number of nitrogens with zero attached hydrogens (tertiary/aromatic N) is 4. The summed E-state index contributed by atoms with van der Waals surface area (Å²) < 4.78 is 7.29. The number of hydrogen-bond donors (Lipinski definition) is 1. The fraction of sp³-hybridized carbons (Fsp3) is 0.529. The summed E-state index contributed by atoms with van der Waals surface area (Å²) >= 11 is 0. The second-order valence-electron chi connectivity index (χ2n) is 6.24. The molecule has 2 aromatic heterocycles. The molecule has 7 nitrogen and oxygen atoms in total. The molecule has 24 heavy (non-hydrogen) atoms. The quantitative estimate of drug-likeness (QED) is 0.849. The molecule has 1 N–H and O–H groups in total. The molecule has 0 saturated carbocycles. The summed E-state index contributed by atoms with van der Waals surface area (Å²) in [7, 11) is 2.02. The highest BCUT2D eigenvalue weighted by atomic mass is 16.3. The maximum atomic E-state index is 12.3. The first-order valence-corrected chi connectivity index (χ1v) is 8.36. The van der Waals surface area contributed by atoms with Gasteiger partial charge in [0.05, 0.1) is 25.4 Å². The number of rotatable bonds is 6. The van der Waals surface area contributed by atoms with E-state index in [-0.39, 0.29) is 11.9 Å². The first-order chi connectivity index (χ1) is 11.6. The molecular formula is C17H25N5O2. The first kappa shape index (κ1) is 16.7. The summed E-state index contributed by atoms with van der Waals surface area (Å²) in [6.07, 6.45) is 5.42. The third-order valence-corrected chi connectivity index (χ3v) is 4.64. The zero-order chi connectivity index (χ0) is 16.9. The normalized spacial score (nSPS) is 17.8. The molecule has 0 bridgehead atoms. The van der Waals surface area contributed by atoms with Gasteiger partial charge in [0.15, 0.2) is 0 Å². The number of nitrogens with one attached hydrogen (secondary N) is 1. The minimum absolute atomic E-state index is 0.0453. The van der Waals surface area contributed by atoms with Gasteiger partial charge in [-0.15, -0.1) is 0 Å². The largest absolute Gasteiger partial charge is 0.467 e. The van der Waals surface area contributed by atoms with Crippen molar-refractivity contribution in [2.75, 3.05) is 26.2 Å². The molecule has 0 aliphatic carbocycles. The van der Waals surface area contributed by atoms with Crippen LogP contribution in [0.3, 0.4) is 0 Å². The fourth-order valence-corrected chi connectivity index (χ4v) is 2.96. The van der Waals surface area contributed by atoms with Crippen molar-refractivity contribution in [2.24, 2.45) is 7.05 Å². The van der Waals surface area contributed by atoms with Crippen molar-refractivity contribution in [3.05, 3.63) is 42.4 Å². The van der Waals surface area contributed by atoms with Crippen molar-refractivity contribution in [3.8, 4) is 0 Å². The van der Waals surface area contributed by atoms with Crippen LogP contribution in [0.5, 0.6) is 0 Å². The Kier molecular flexibility index (Phi) is 5.32. The Morgan fingerprint density at radius 2 is 2.17 bits per heavy atom. The van der Waals surface area contributed by atoms with Gasteiger partial charge in [0.25, 0.3) is 0 Å². The van der Waals surface area contributed by atoms with Gasteiger partial charge in [0.1, 0.15) is 11.6 Å². The molecule has 1 saturated heterocycles. The van der Waals surface area contributed by atoms with Crippen molar-refractivity contribution < 1.29 is 9.21 Å². The molecule has 7 heteroatoms. The van der Waals surface area contributed by atoms with Crippen LogP contribution in [0.15, 0.2) is 35.2 Å². The third-order valence-electron chi connectivity index (χ3n) is 4.64. The standard InChI is InChI=1S/C17H25N5O2/c1-14(17(23)19-12-15-4-3-11-24-15)22-9-7-21(8-10-22)13-16-18-5-6-20(16)2/h3-6,11,14H,7-10,12-13H2,1-2H3,(H,19,23)/t14-/m1/s1. The zero-order valence-corrected chi connectivity index (χ0v) is 14.3. The molecule has 3 heterocycles.